The molecule has 3 N–H and O–H groups in total. The molecule has 0 bridgehead atoms. The van der Waals surface area contributed by atoms with Gasteiger partial charge < -0.3 is 20.7 Å². The van der Waals surface area contributed by atoms with Crippen LogP contribution < -0.4 is 16.0 Å². The molecule has 28 heavy (non-hydrogen) atoms. The van der Waals surface area contributed by atoms with Gasteiger partial charge in [-0.2, -0.15) is 11.3 Å². The Morgan fingerprint density at radius 2 is 1.93 bits per heavy atom. The zero-order valence-electron chi connectivity index (χ0n) is 15.7. The molecular formula is C18H21N3O5S2. The standard InChI is InChI=1S/C18H21N3O5S2/c1-4-26-18(25)13-10(2)14(16(24)19-3)28-17(13)21-12(22)5-7-20-15(23)11-6-8-27-9-11/h6,8-9H,4-5,7H2,1-3H3,(H,19,24)(H,20,23)(H,21,22). The van der Waals surface area contributed by atoms with Gasteiger partial charge in [0.05, 0.1) is 17.0 Å². The number of esters is 1. The highest BCUT2D eigenvalue weighted by atomic mass is 32.1. The Labute approximate surface area is 170 Å². The van der Waals surface area contributed by atoms with Crippen LogP contribution in [0.3, 0.4) is 0 Å². The Morgan fingerprint density at radius 3 is 2.54 bits per heavy atom. The van der Waals surface area contributed by atoms with Crippen LogP contribution in [0, 0.1) is 6.92 Å². The maximum atomic E-state index is 12.3. The molecule has 0 spiro atoms. The summed E-state index contributed by atoms with van der Waals surface area (Å²) in [4.78, 5) is 48.8. The van der Waals surface area contributed by atoms with E-state index in [9.17, 15) is 19.2 Å². The summed E-state index contributed by atoms with van der Waals surface area (Å²) >= 11 is 2.42. The molecule has 0 radical (unpaired) electrons. The Morgan fingerprint density at radius 1 is 1.18 bits per heavy atom. The Balaban J connectivity index is 2.06. The first kappa shape index (κ1) is 21.6. The van der Waals surface area contributed by atoms with Crippen LogP contribution in [0.5, 0.6) is 0 Å². The lowest BCUT2D eigenvalue weighted by atomic mass is 10.1. The van der Waals surface area contributed by atoms with Gasteiger partial charge in [0.1, 0.15) is 5.00 Å². The summed E-state index contributed by atoms with van der Waals surface area (Å²) in [5.41, 5.74) is 1.16. The van der Waals surface area contributed by atoms with Crippen LogP contribution in [0.4, 0.5) is 5.00 Å². The molecule has 0 fully saturated rings. The molecule has 2 heterocycles. The highest BCUT2D eigenvalue weighted by molar-refractivity contribution is 7.18. The quantitative estimate of drug-likeness (QED) is 0.564. The lowest BCUT2D eigenvalue weighted by molar-refractivity contribution is -0.116. The summed E-state index contributed by atoms with van der Waals surface area (Å²) in [5.74, 6) is -1.60. The van der Waals surface area contributed by atoms with Crippen LogP contribution in [0.1, 0.15) is 49.3 Å². The van der Waals surface area contributed by atoms with E-state index in [-0.39, 0.29) is 47.9 Å². The van der Waals surface area contributed by atoms with Crippen LogP contribution in [0.2, 0.25) is 0 Å². The maximum absolute atomic E-state index is 12.3. The van der Waals surface area contributed by atoms with E-state index >= 15 is 0 Å². The van der Waals surface area contributed by atoms with Crippen molar-refractivity contribution in [2.24, 2.45) is 0 Å². The molecule has 0 aliphatic carbocycles. The van der Waals surface area contributed by atoms with Crippen LogP contribution in [-0.2, 0) is 9.53 Å². The molecule has 10 heteroatoms. The monoisotopic (exact) mass is 423 g/mol. The summed E-state index contributed by atoms with van der Waals surface area (Å²) in [7, 11) is 1.49. The number of ether oxygens (including phenoxy) is 1. The van der Waals surface area contributed by atoms with Crippen molar-refractivity contribution >= 4 is 51.4 Å². The normalized spacial score (nSPS) is 10.2. The molecule has 0 aliphatic rings. The van der Waals surface area contributed by atoms with Crippen molar-refractivity contribution < 1.29 is 23.9 Å². The second kappa shape index (κ2) is 10.00. The van der Waals surface area contributed by atoms with Crippen molar-refractivity contribution in [1.82, 2.24) is 10.6 Å². The van der Waals surface area contributed by atoms with Gasteiger partial charge in [0.25, 0.3) is 11.8 Å². The topological polar surface area (TPSA) is 114 Å². The number of anilines is 1. The summed E-state index contributed by atoms with van der Waals surface area (Å²) in [6, 6.07) is 1.69. The average Bonchev–Trinajstić information content (AvgIpc) is 3.29. The van der Waals surface area contributed by atoms with Crippen molar-refractivity contribution in [2.75, 3.05) is 25.5 Å². The SMILES string of the molecule is CCOC(=O)c1c(NC(=O)CCNC(=O)c2ccsc2)sc(C(=O)NC)c1C. The van der Waals surface area contributed by atoms with Crippen molar-refractivity contribution in [3.05, 3.63) is 38.4 Å². The molecule has 0 saturated heterocycles. The van der Waals surface area contributed by atoms with Crippen LogP contribution in [-0.4, -0.2) is 43.9 Å². The Bertz CT molecular complexity index is 874. The number of hydrogen-bond acceptors (Lipinski definition) is 7. The molecular weight excluding hydrogens is 402 g/mol. The predicted molar refractivity (Wildman–Crippen MR) is 108 cm³/mol. The molecule has 8 nitrogen and oxygen atoms in total. The van der Waals surface area contributed by atoms with Gasteiger partial charge >= 0.3 is 5.97 Å². The summed E-state index contributed by atoms with van der Waals surface area (Å²) in [5, 5.41) is 11.6. The van der Waals surface area contributed by atoms with Gasteiger partial charge in [-0.15, -0.1) is 11.3 Å². The molecule has 0 unspecified atom stereocenters. The molecule has 0 atom stereocenters. The van der Waals surface area contributed by atoms with E-state index in [0.717, 1.165) is 11.3 Å². The number of rotatable bonds is 8. The number of hydrogen-bond donors (Lipinski definition) is 3. The first-order valence-electron chi connectivity index (χ1n) is 8.51. The summed E-state index contributed by atoms with van der Waals surface area (Å²) in [6.07, 6.45) is 0.0183. The lowest BCUT2D eigenvalue weighted by Gasteiger charge is -2.07. The zero-order chi connectivity index (χ0) is 20.7. The number of nitrogens with one attached hydrogen (secondary N) is 3. The van der Waals surface area contributed by atoms with E-state index in [2.05, 4.69) is 16.0 Å². The second-order valence-corrected chi connectivity index (χ2v) is 7.43. The summed E-state index contributed by atoms with van der Waals surface area (Å²) in [6.45, 7) is 3.62. The number of thiophene rings is 2. The highest BCUT2D eigenvalue weighted by Crippen LogP contribution is 2.33. The van der Waals surface area contributed by atoms with Crippen LogP contribution in [0.15, 0.2) is 16.8 Å². The van der Waals surface area contributed by atoms with E-state index < -0.39 is 5.97 Å². The molecule has 150 valence electrons. The highest BCUT2D eigenvalue weighted by Gasteiger charge is 2.26. The van der Waals surface area contributed by atoms with Crippen LogP contribution in [0.25, 0.3) is 0 Å². The van der Waals surface area contributed by atoms with Gasteiger partial charge in [-0.25, -0.2) is 4.79 Å². The van der Waals surface area contributed by atoms with Gasteiger partial charge in [-0.3, -0.25) is 14.4 Å². The van der Waals surface area contributed by atoms with Gasteiger partial charge in [-0.1, -0.05) is 0 Å². The Kier molecular flexibility index (Phi) is 7.70. The van der Waals surface area contributed by atoms with E-state index in [0.29, 0.717) is 16.0 Å². The predicted octanol–water partition coefficient (Wildman–Crippen LogP) is 2.41. The van der Waals surface area contributed by atoms with Gasteiger partial charge in [0.15, 0.2) is 0 Å². The smallest absolute Gasteiger partial charge is 0.341 e. The van der Waals surface area contributed by atoms with Crippen molar-refractivity contribution in [2.45, 2.75) is 20.3 Å². The summed E-state index contributed by atoms with van der Waals surface area (Å²) < 4.78 is 5.04. The van der Waals surface area contributed by atoms with Crippen molar-refractivity contribution in [3.8, 4) is 0 Å². The largest absolute Gasteiger partial charge is 0.462 e. The second-order valence-electron chi connectivity index (χ2n) is 5.63. The average molecular weight is 424 g/mol. The zero-order valence-corrected chi connectivity index (χ0v) is 17.3. The maximum Gasteiger partial charge on any atom is 0.341 e. The minimum atomic E-state index is -0.604. The third kappa shape index (κ3) is 5.17. The third-order valence-electron chi connectivity index (χ3n) is 3.73. The van der Waals surface area contributed by atoms with Crippen molar-refractivity contribution in [1.29, 1.82) is 0 Å². The van der Waals surface area contributed by atoms with Crippen LogP contribution >= 0.6 is 22.7 Å². The van der Waals surface area contributed by atoms with Crippen molar-refractivity contribution in [3.63, 3.8) is 0 Å². The molecule has 2 aromatic rings. The fraction of sp³-hybridized carbons (Fsp3) is 0.333. The third-order valence-corrected chi connectivity index (χ3v) is 5.62. The molecule has 0 aliphatic heterocycles. The van der Waals surface area contributed by atoms with Gasteiger partial charge in [0, 0.05) is 31.0 Å². The van der Waals surface area contributed by atoms with Gasteiger partial charge in [-0.05, 0) is 30.9 Å². The minimum absolute atomic E-state index is 0.0183. The number of amides is 3. The molecule has 0 aromatic carbocycles. The first-order valence-corrected chi connectivity index (χ1v) is 10.3. The molecule has 2 rings (SSSR count). The first-order chi connectivity index (χ1) is 13.4. The van der Waals surface area contributed by atoms with E-state index in [1.807, 2.05) is 0 Å². The fourth-order valence-corrected chi connectivity index (χ4v) is 4.15. The number of carbonyl (C=O) groups excluding carboxylic acids is 4. The number of carbonyl (C=O) groups is 4. The molecule has 3 amide bonds. The van der Waals surface area contributed by atoms with Gasteiger partial charge in [0.2, 0.25) is 5.91 Å². The van der Waals surface area contributed by atoms with E-state index in [4.69, 9.17) is 4.74 Å². The Hall–Kier alpha value is -2.72. The van der Waals surface area contributed by atoms with E-state index in [1.165, 1.54) is 18.4 Å². The molecule has 0 saturated carbocycles. The van der Waals surface area contributed by atoms with E-state index in [1.54, 1.807) is 30.7 Å². The lowest BCUT2D eigenvalue weighted by Crippen LogP contribution is -2.27. The molecule has 2 aromatic heterocycles. The fourth-order valence-electron chi connectivity index (χ4n) is 2.36. The minimum Gasteiger partial charge on any atom is -0.462 e.